The molecule has 0 aromatic rings. The van der Waals surface area contributed by atoms with Crippen LogP contribution in [0.2, 0.25) is 12.1 Å². The fourth-order valence-electron chi connectivity index (χ4n) is 0.996. The minimum absolute atomic E-state index is 0.913. The maximum absolute atomic E-state index is 12.9. The summed E-state index contributed by atoms with van der Waals surface area (Å²) in [6, 6.07) is 1.83. The molecule has 0 fully saturated rings. The highest BCUT2D eigenvalue weighted by atomic mass is 28.3. The summed E-state index contributed by atoms with van der Waals surface area (Å²) in [4.78, 5) is 0. The van der Waals surface area contributed by atoms with Crippen LogP contribution >= 0.6 is 0 Å². The summed E-state index contributed by atoms with van der Waals surface area (Å²) in [6.45, 7) is 4.25. The third-order valence-corrected chi connectivity index (χ3v) is 3.81. The van der Waals surface area contributed by atoms with Gasteiger partial charge in [0.2, 0.25) is 9.13 Å². The molecule has 0 N–H and O–H groups in total. The minimum Gasteiger partial charge on any atom is -0.318 e. The van der Waals surface area contributed by atoms with Crippen LogP contribution < -0.4 is 0 Å². The first-order valence-electron chi connectivity index (χ1n) is 4.45. The Bertz CT molecular complexity index is 58.3. The van der Waals surface area contributed by atoms with Gasteiger partial charge in [-0.3, -0.25) is 0 Å². The lowest BCUT2D eigenvalue weighted by atomic mass is 10.4. The van der Waals surface area contributed by atoms with E-state index in [1.165, 1.54) is 0 Å². The second kappa shape index (κ2) is 7.26. The number of unbranched alkanes of at least 4 members (excludes halogenated alkanes) is 2. The van der Waals surface area contributed by atoms with E-state index < -0.39 is 9.13 Å². The molecule has 0 aromatic carbocycles. The Labute approximate surface area is 65.6 Å². The third-order valence-electron chi connectivity index (χ3n) is 1.74. The normalized spacial score (nSPS) is 10.8. The van der Waals surface area contributed by atoms with E-state index in [-0.39, 0.29) is 0 Å². The molecule has 0 saturated heterocycles. The van der Waals surface area contributed by atoms with Crippen molar-refractivity contribution in [2.45, 2.75) is 51.6 Å². The van der Waals surface area contributed by atoms with Crippen LogP contribution in [0.25, 0.3) is 0 Å². The van der Waals surface area contributed by atoms with Gasteiger partial charge in [-0.15, -0.1) is 0 Å². The van der Waals surface area contributed by atoms with Crippen molar-refractivity contribution in [3.63, 3.8) is 0 Å². The Kier molecular flexibility index (Phi) is 7.36. The van der Waals surface area contributed by atoms with Gasteiger partial charge in [0.25, 0.3) is 0 Å². The van der Waals surface area contributed by atoms with Crippen molar-refractivity contribution >= 4 is 9.13 Å². The molecule has 0 spiro atoms. The maximum atomic E-state index is 12.9. The fourth-order valence-corrected chi connectivity index (χ4v) is 2.99. The summed E-state index contributed by atoms with van der Waals surface area (Å²) < 4.78 is 12.9. The molecule has 0 rings (SSSR count). The standard InChI is InChI=1S/C8H19FSi/c1-3-5-7-10(9)8-6-4-2/h10H,3-8H2,1-2H3. The summed E-state index contributed by atoms with van der Waals surface area (Å²) in [5, 5.41) is 0. The van der Waals surface area contributed by atoms with E-state index in [9.17, 15) is 4.11 Å². The Morgan fingerprint density at radius 2 is 1.40 bits per heavy atom. The number of hydrogen-bond donors (Lipinski definition) is 0. The number of hydrogen-bond acceptors (Lipinski definition) is 0. The first-order chi connectivity index (χ1) is 4.81. The molecule has 0 atom stereocenters. The molecular weight excluding hydrogens is 143 g/mol. The van der Waals surface area contributed by atoms with E-state index in [4.69, 9.17) is 0 Å². The average molecular weight is 162 g/mol. The molecule has 0 nitrogen and oxygen atoms in total. The summed E-state index contributed by atoms with van der Waals surface area (Å²) in [7, 11) is -1.74. The van der Waals surface area contributed by atoms with Gasteiger partial charge in [0.15, 0.2) is 0 Å². The zero-order valence-corrected chi connectivity index (χ0v) is 8.35. The van der Waals surface area contributed by atoms with Crippen molar-refractivity contribution in [1.29, 1.82) is 0 Å². The van der Waals surface area contributed by atoms with Crippen molar-refractivity contribution in [2.24, 2.45) is 0 Å². The fraction of sp³-hybridized carbons (Fsp3) is 1.00. The van der Waals surface area contributed by atoms with E-state index >= 15 is 0 Å². The molecular formula is C8H19FSi. The Hall–Kier alpha value is 0.147. The molecule has 0 bridgehead atoms. The quantitative estimate of drug-likeness (QED) is 0.415. The van der Waals surface area contributed by atoms with E-state index in [0.29, 0.717) is 0 Å². The second-order valence-electron chi connectivity index (χ2n) is 2.88. The molecule has 0 unspecified atom stereocenters. The van der Waals surface area contributed by atoms with Gasteiger partial charge < -0.3 is 4.11 Å². The van der Waals surface area contributed by atoms with Gasteiger partial charge in [-0.25, -0.2) is 0 Å². The zero-order chi connectivity index (χ0) is 7.82. The van der Waals surface area contributed by atoms with E-state index in [1.54, 1.807) is 0 Å². The highest BCUT2D eigenvalue weighted by Gasteiger charge is 2.06. The van der Waals surface area contributed by atoms with Gasteiger partial charge in [0, 0.05) is 0 Å². The van der Waals surface area contributed by atoms with Crippen LogP contribution in [-0.2, 0) is 0 Å². The molecule has 0 saturated carbocycles. The maximum Gasteiger partial charge on any atom is 0.231 e. The molecule has 0 heterocycles. The average Bonchev–Trinajstić information content (AvgIpc) is 1.97. The van der Waals surface area contributed by atoms with E-state index in [1.807, 2.05) is 0 Å². The van der Waals surface area contributed by atoms with Gasteiger partial charge in [-0.1, -0.05) is 39.5 Å². The van der Waals surface area contributed by atoms with Crippen LogP contribution in [0.1, 0.15) is 39.5 Å². The van der Waals surface area contributed by atoms with Crippen LogP contribution in [0.5, 0.6) is 0 Å². The molecule has 0 aromatic heterocycles. The van der Waals surface area contributed by atoms with Gasteiger partial charge in [0.05, 0.1) is 0 Å². The number of halogens is 1. The largest absolute Gasteiger partial charge is 0.318 e. The van der Waals surface area contributed by atoms with Crippen molar-refractivity contribution in [1.82, 2.24) is 0 Å². The molecule has 0 aliphatic carbocycles. The first kappa shape index (κ1) is 10.1. The smallest absolute Gasteiger partial charge is 0.231 e. The summed E-state index contributed by atoms with van der Waals surface area (Å²) in [5.41, 5.74) is 0. The molecule has 0 aliphatic rings. The zero-order valence-electron chi connectivity index (χ0n) is 7.20. The Morgan fingerprint density at radius 1 is 1.00 bits per heavy atom. The van der Waals surface area contributed by atoms with Crippen molar-refractivity contribution < 1.29 is 4.11 Å². The van der Waals surface area contributed by atoms with Crippen LogP contribution in [0.15, 0.2) is 0 Å². The first-order valence-corrected chi connectivity index (χ1v) is 6.52. The van der Waals surface area contributed by atoms with Crippen LogP contribution in [0.3, 0.4) is 0 Å². The lowest BCUT2D eigenvalue weighted by Crippen LogP contribution is -2.03. The summed E-state index contributed by atoms with van der Waals surface area (Å²) in [6.07, 6.45) is 4.52. The van der Waals surface area contributed by atoms with E-state index in [0.717, 1.165) is 37.8 Å². The number of rotatable bonds is 6. The summed E-state index contributed by atoms with van der Waals surface area (Å²) in [5.74, 6) is 0. The van der Waals surface area contributed by atoms with Crippen LogP contribution in [0, 0.1) is 0 Å². The van der Waals surface area contributed by atoms with Gasteiger partial charge in [-0.05, 0) is 12.1 Å². The monoisotopic (exact) mass is 162 g/mol. The minimum atomic E-state index is -1.74. The molecule has 0 amide bonds. The van der Waals surface area contributed by atoms with Gasteiger partial charge >= 0.3 is 0 Å². The predicted molar refractivity (Wildman–Crippen MR) is 47.7 cm³/mol. The van der Waals surface area contributed by atoms with Crippen LogP contribution in [0.4, 0.5) is 4.11 Å². The van der Waals surface area contributed by atoms with Crippen molar-refractivity contribution in [3.05, 3.63) is 0 Å². The predicted octanol–water partition coefficient (Wildman–Crippen LogP) is 3.28. The Balaban J connectivity index is 3.00. The SMILES string of the molecule is CCCC[SiH](F)CCCC. The highest BCUT2D eigenvalue weighted by Crippen LogP contribution is 2.09. The Morgan fingerprint density at radius 3 is 1.70 bits per heavy atom. The van der Waals surface area contributed by atoms with Gasteiger partial charge in [0.1, 0.15) is 0 Å². The second-order valence-corrected chi connectivity index (χ2v) is 5.23. The highest BCUT2D eigenvalue weighted by molar-refractivity contribution is 6.50. The molecule has 2 heteroatoms. The molecule has 0 radical (unpaired) electrons. The van der Waals surface area contributed by atoms with E-state index in [2.05, 4.69) is 13.8 Å². The lowest BCUT2D eigenvalue weighted by Gasteiger charge is -2.02. The molecule has 10 heavy (non-hydrogen) atoms. The molecule has 62 valence electrons. The van der Waals surface area contributed by atoms with Crippen LogP contribution in [-0.4, -0.2) is 9.13 Å². The summed E-state index contributed by atoms with van der Waals surface area (Å²) >= 11 is 0. The topological polar surface area (TPSA) is 0 Å². The van der Waals surface area contributed by atoms with Gasteiger partial charge in [-0.2, -0.15) is 0 Å². The van der Waals surface area contributed by atoms with Crippen molar-refractivity contribution in [3.8, 4) is 0 Å². The van der Waals surface area contributed by atoms with Crippen molar-refractivity contribution in [2.75, 3.05) is 0 Å². The molecule has 0 aliphatic heterocycles. The lowest BCUT2D eigenvalue weighted by molar-refractivity contribution is 0.741. The third kappa shape index (κ3) is 6.27.